The summed E-state index contributed by atoms with van der Waals surface area (Å²) in [5, 5.41) is 4.20. The van der Waals surface area contributed by atoms with Crippen LogP contribution < -0.4 is 5.32 Å². The Morgan fingerprint density at radius 2 is 1.96 bits per heavy atom. The van der Waals surface area contributed by atoms with Crippen molar-refractivity contribution in [2.75, 3.05) is 5.32 Å². The molecule has 2 aromatic heterocycles. The Bertz CT molecular complexity index is 1020. The van der Waals surface area contributed by atoms with E-state index in [-0.39, 0.29) is 0 Å². The summed E-state index contributed by atoms with van der Waals surface area (Å²) in [4.78, 5) is 8.90. The van der Waals surface area contributed by atoms with Crippen LogP contribution in [0.15, 0.2) is 67.1 Å². The van der Waals surface area contributed by atoms with Gasteiger partial charge >= 0.3 is 0 Å². The van der Waals surface area contributed by atoms with Crippen LogP contribution in [0.2, 0.25) is 5.02 Å². The lowest BCUT2D eigenvalue weighted by molar-refractivity contribution is 1.13. The first-order valence-corrected chi connectivity index (χ1v) is 8.01. The number of hydrogen-bond donors (Lipinski definition) is 1. The molecular weight excluding hydrogens is 320 g/mol. The number of anilines is 2. The van der Waals surface area contributed by atoms with Crippen molar-refractivity contribution < 1.29 is 0 Å². The number of nitrogens with zero attached hydrogens (tertiary/aromatic N) is 3. The van der Waals surface area contributed by atoms with E-state index in [9.17, 15) is 0 Å². The second-order valence-corrected chi connectivity index (χ2v) is 6.00. The van der Waals surface area contributed by atoms with Gasteiger partial charge in [-0.15, -0.1) is 0 Å². The molecule has 0 saturated carbocycles. The van der Waals surface area contributed by atoms with Crippen molar-refractivity contribution in [3.8, 4) is 11.3 Å². The van der Waals surface area contributed by atoms with E-state index < -0.39 is 0 Å². The maximum atomic E-state index is 6.16. The summed E-state index contributed by atoms with van der Waals surface area (Å²) < 4.78 is 2.00. The smallest absolute Gasteiger partial charge is 0.157 e. The molecule has 5 heteroatoms. The first kappa shape index (κ1) is 14.7. The van der Waals surface area contributed by atoms with Crippen LogP contribution in [0.4, 0.5) is 11.5 Å². The fourth-order valence-electron chi connectivity index (χ4n) is 2.70. The number of aromatic nitrogens is 3. The largest absolute Gasteiger partial charge is 0.339 e. The average molecular weight is 335 g/mol. The second kappa shape index (κ2) is 5.98. The van der Waals surface area contributed by atoms with E-state index in [1.54, 1.807) is 12.4 Å². The van der Waals surface area contributed by atoms with Crippen LogP contribution in [0.25, 0.3) is 16.9 Å². The fourth-order valence-corrected chi connectivity index (χ4v) is 2.89. The van der Waals surface area contributed by atoms with Crippen LogP contribution in [0.5, 0.6) is 0 Å². The molecule has 0 amide bonds. The molecule has 24 heavy (non-hydrogen) atoms. The molecule has 0 bridgehead atoms. The molecule has 0 unspecified atom stereocenters. The van der Waals surface area contributed by atoms with E-state index in [1.165, 1.54) is 5.56 Å². The summed E-state index contributed by atoms with van der Waals surface area (Å²) in [7, 11) is 0. The molecule has 2 aromatic carbocycles. The minimum Gasteiger partial charge on any atom is -0.339 e. The van der Waals surface area contributed by atoms with E-state index >= 15 is 0 Å². The molecule has 0 radical (unpaired) electrons. The standard InChI is InChI=1S/C19H15ClN4/c1-13-5-2-3-8-16(13)22-19-18(14-6-4-7-15(20)11-14)23-17-12-21-9-10-24(17)19/h2-12,22H,1H3. The van der Waals surface area contributed by atoms with Gasteiger partial charge in [0.25, 0.3) is 0 Å². The molecule has 0 spiro atoms. The lowest BCUT2D eigenvalue weighted by Gasteiger charge is -2.11. The number of hydrogen-bond acceptors (Lipinski definition) is 3. The van der Waals surface area contributed by atoms with Crippen LogP contribution in [0.1, 0.15) is 5.56 Å². The molecule has 1 N–H and O–H groups in total. The fraction of sp³-hybridized carbons (Fsp3) is 0.0526. The van der Waals surface area contributed by atoms with Crippen molar-refractivity contribution in [1.82, 2.24) is 14.4 Å². The highest BCUT2D eigenvalue weighted by Gasteiger charge is 2.15. The number of para-hydroxylation sites is 1. The number of benzene rings is 2. The lowest BCUT2D eigenvalue weighted by atomic mass is 10.1. The minimum absolute atomic E-state index is 0.685. The molecule has 4 nitrogen and oxygen atoms in total. The second-order valence-electron chi connectivity index (χ2n) is 5.56. The van der Waals surface area contributed by atoms with E-state index in [2.05, 4.69) is 29.4 Å². The summed E-state index contributed by atoms with van der Waals surface area (Å²) in [6.45, 7) is 2.08. The predicted octanol–water partition coefficient (Wildman–Crippen LogP) is 5.10. The third-order valence-electron chi connectivity index (χ3n) is 3.93. The molecule has 0 aliphatic carbocycles. The summed E-state index contributed by atoms with van der Waals surface area (Å²) in [6.07, 6.45) is 5.40. The molecule has 0 fully saturated rings. The molecule has 4 aromatic rings. The monoisotopic (exact) mass is 334 g/mol. The van der Waals surface area contributed by atoms with Crippen molar-refractivity contribution in [2.24, 2.45) is 0 Å². The molecule has 118 valence electrons. The Balaban J connectivity index is 1.92. The zero-order valence-electron chi connectivity index (χ0n) is 13.1. The maximum Gasteiger partial charge on any atom is 0.157 e. The molecule has 0 aliphatic heterocycles. The Morgan fingerprint density at radius 3 is 2.79 bits per heavy atom. The average Bonchev–Trinajstić information content (AvgIpc) is 2.96. The van der Waals surface area contributed by atoms with Gasteiger partial charge in [0.1, 0.15) is 11.5 Å². The van der Waals surface area contributed by atoms with Crippen molar-refractivity contribution in [3.63, 3.8) is 0 Å². The third-order valence-corrected chi connectivity index (χ3v) is 4.16. The Hall–Kier alpha value is -2.85. The Kier molecular flexibility index (Phi) is 3.67. The zero-order valence-corrected chi connectivity index (χ0v) is 13.8. The van der Waals surface area contributed by atoms with Gasteiger partial charge in [-0.3, -0.25) is 9.38 Å². The van der Waals surface area contributed by atoms with Gasteiger partial charge in [-0.05, 0) is 30.7 Å². The van der Waals surface area contributed by atoms with E-state index in [0.717, 1.165) is 28.4 Å². The highest BCUT2D eigenvalue weighted by molar-refractivity contribution is 6.30. The van der Waals surface area contributed by atoms with Crippen LogP contribution in [0, 0.1) is 6.92 Å². The van der Waals surface area contributed by atoms with Gasteiger partial charge in [-0.25, -0.2) is 4.98 Å². The minimum atomic E-state index is 0.685. The van der Waals surface area contributed by atoms with Gasteiger partial charge in [-0.2, -0.15) is 0 Å². The Morgan fingerprint density at radius 1 is 1.08 bits per heavy atom. The van der Waals surface area contributed by atoms with Gasteiger partial charge in [0.05, 0.1) is 6.20 Å². The topological polar surface area (TPSA) is 42.2 Å². The number of imidazole rings is 1. The van der Waals surface area contributed by atoms with E-state index in [1.807, 2.05) is 47.0 Å². The van der Waals surface area contributed by atoms with Crippen LogP contribution >= 0.6 is 11.6 Å². The van der Waals surface area contributed by atoms with E-state index in [0.29, 0.717) is 5.02 Å². The summed E-state index contributed by atoms with van der Waals surface area (Å²) in [6, 6.07) is 15.9. The van der Waals surface area contributed by atoms with Crippen LogP contribution in [-0.2, 0) is 0 Å². The molecular formula is C19H15ClN4. The molecule has 0 atom stereocenters. The zero-order chi connectivity index (χ0) is 16.5. The summed E-state index contributed by atoms with van der Waals surface area (Å²) in [5.41, 5.74) is 4.79. The van der Waals surface area contributed by atoms with Crippen molar-refractivity contribution in [3.05, 3.63) is 77.7 Å². The lowest BCUT2D eigenvalue weighted by Crippen LogP contribution is -1.98. The van der Waals surface area contributed by atoms with Crippen molar-refractivity contribution in [2.45, 2.75) is 6.92 Å². The SMILES string of the molecule is Cc1ccccc1Nc1c(-c2cccc(Cl)c2)nc2cnccn12. The summed E-state index contributed by atoms with van der Waals surface area (Å²) >= 11 is 6.16. The summed E-state index contributed by atoms with van der Waals surface area (Å²) in [5.74, 6) is 0.893. The third kappa shape index (κ3) is 2.61. The normalized spacial score (nSPS) is 10.9. The van der Waals surface area contributed by atoms with Gasteiger partial charge in [0.15, 0.2) is 5.65 Å². The first-order valence-electron chi connectivity index (χ1n) is 7.63. The van der Waals surface area contributed by atoms with Crippen molar-refractivity contribution in [1.29, 1.82) is 0 Å². The highest BCUT2D eigenvalue weighted by Crippen LogP contribution is 2.32. The van der Waals surface area contributed by atoms with Gasteiger partial charge < -0.3 is 5.32 Å². The van der Waals surface area contributed by atoms with Gasteiger partial charge in [-0.1, -0.05) is 41.9 Å². The molecule has 4 rings (SSSR count). The van der Waals surface area contributed by atoms with Gasteiger partial charge in [0.2, 0.25) is 0 Å². The van der Waals surface area contributed by atoms with E-state index in [4.69, 9.17) is 16.6 Å². The highest BCUT2D eigenvalue weighted by atomic mass is 35.5. The predicted molar refractivity (Wildman–Crippen MR) is 97.9 cm³/mol. The molecule has 2 heterocycles. The van der Waals surface area contributed by atoms with Crippen molar-refractivity contribution >= 4 is 28.8 Å². The Labute approximate surface area is 144 Å². The first-order chi connectivity index (χ1) is 11.7. The number of rotatable bonds is 3. The van der Waals surface area contributed by atoms with Crippen LogP contribution in [0.3, 0.4) is 0 Å². The number of fused-ring (bicyclic) bond motifs is 1. The molecule has 0 aliphatic rings. The number of aryl methyl sites for hydroxylation is 1. The van der Waals surface area contributed by atoms with Gasteiger partial charge in [0, 0.05) is 28.7 Å². The number of halogens is 1. The van der Waals surface area contributed by atoms with Crippen LogP contribution in [-0.4, -0.2) is 14.4 Å². The quantitative estimate of drug-likeness (QED) is 0.566. The molecule has 0 saturated heterocycles. The maximum absolute atomic E-state index is 6.16. The number of nitrogens with one attached hydrogen (secondary N) is 1.